The lowest BCUT2D eigenvalue weighted by Crippen LogP contribution is -2.56. The summed E-state index contributed by atoms with van der Waals surface area (Å²) in [7, 11) is 0. The van der Waals surface area contributed by atoms with Gasteiger partial charge >= 0.3 is 0 Å². The minimum absolute atomic E-state index is 0.295. The molecule has 0 radical (unpaired) electrons. The van der Waals surface area contributed by atoms with Gasteiger partial charge in [-0.3, -0.25) is 0 Å². The van der Waals surface area contributed by atoms with Crippen molar-refractivity contribution in [1.82, 2.24) is 4.98 Å². The summed E-state index contributed by atoms with van der Waals surface area (Å²) in [6.45, 7) is 2.18. The largest absolute Gasteiger partial charge is 0.375 e. The predicted octanol–water partition coefficient (Wildman–Crippen LogP) is 4.82. The van der Waals surface area contributed by atoms with Crippen LogP contribution in [0.1, 0.15) is 55.3 Å². The fraction of sp³-hybridized carbons (Fsp3) is 0.550. The van der Waals surface area contributed by atoms with Crippen molar-refractivity contribution < 1.29 is 0 Å². The average Bonchev–Trinajstić information content (AvgIpc) is 2.94. The molecule has 4 atom stereocenters. The molecule has 0 amide bonds. The van der Waals surface area contributed by atoms with E-state index in [-0.39, 0.29) is 0 Å². The third-order valence-corrected chi connectivity index (χ3v) is 7.46. The number of benzene rings is 1. The van der Waals surface area contributed by atoms with Crippen molar-refractivity contribution in [2.75, 3.05) is 5.73 Å². The Morgan fingerprint density at radius 2 is 1.70 bits per heavy atom. The Hall–Kier alpha value is -1.35. The van der Waals surface area contributed by atoms with Crippen molar-refractivity contribution in [2.24, 2.45) is 11.8 Å². The predicted molar refractivity (Wildman–Crippen MR) is 95.7 cm³/mol. The molecule has 2 nitrogen and oxygen atoms in total. The van der Waals surface area contributed by atoms with Gasteiger partial charge in [-0.2, -0.15) is 0 Å². The van der Waals surface area contributed by atoms with Gasteiger partial charge in [0, 0.05) is 10.8 Å². The van der Waals surface area contributed by atoms with Gasteiger partial charge in [-0.1, -0.05) is 29.8 Å². The second kappa shape index (κ2) is 4.60. The van der Waals surface area contributed by atoms with E-state index in [2.05, 4.69) is 36.6 Å². The first-order valence-corrected chi connectivity index (χ1v) is 9.74. The number of hydrogen-bond donors (Lipinski definition) is 1. The molecular weight excluding hydrogens is 300 g/mol. The minimum atomic E-state index is 0.295. The molecular formula is C20H24N2S. The second-order valence-electron chi connectivity index (χ2n) is 8.46. The van der Waals surface area contributed by atoms with Crippen LogP contribution in [0, 0.1) is 18.8 Å². The van der Waals surface area contributed by atoms with Crippen LogP contribution < -0.4 is 5.73 Å². The van der Waals surface area contributed by atoms with E-state index < -0.39 is 0 Å². The number of nitrogens with two attached hydrogens (primary N) is 1. The Kier molecular flexibility index (Phi) is 2.80. The summed E-state index contributed by atoms with van der Waals surface area (Å²) in [4.78, 5) is 4.74. The van der Waals surface area contributed by atoms with E-state index in [0.29, 0.717) is 10.8 Å². The molecule has 4 fully saturated rings. The highest BCUT2D eigenvalue weighted by Crippen LogP contribution is 2.66. The Labute approximate surface area is 142 Å². The third-order valence-electron chi connectivity index (χ3n) is 6.79. The van der Waals surface area contributed by atoms with Crippen molar-refractivity contribution in [3.8, 4) is 0 Å². The first-order valence-electron chi connectivity index (χ1n) is 8.86. The molecule has 1 heterocycles. The van der Waals surface area contributed by atoms with Crippen LogP contribution in [0.2, 0.25) is 0 Å². The van der Waals surface area contributed by atoms with Crippen molar-refractivity contribution in [1.29, 1.82) is 0 Å². The average molecular weight is 324 g/mol. The fourth-order valence-corrected chi connectivity index (χ4v) is 7.02. The number of anilines is 1. The Morgan fingerprint density at radius 3 is 2.30 bits per heavy atom. The molecule has 0 saturated heterocycles. The van der Waals surface area contributed by atoms with E-state index in [1.54, 1.807) is 16.9 Å². The molecule has 23 heavy (non-hydrogen) atoms. The summed E-state index contributed by atoms with van der Waals surface area (Å²) in [5.41, 5.74) is 10.9. The molecule has 1 aromatic heterocycles. The molecule has 2 unspecified atom stereocenters. The lowest BCUT2D eigenvalue weighted by atomic mass is 9.42. The maximum absolute atomic E-state index is 5.97. The van der Waals surface area contributed by atoms with Crippen LogP contribution in [0.15, 0.2) is 29.6 Å². The van der Waals surface area contributed by atoms with Gasteiger partial charge in [0.05, 0.1) is 5.69 Å². The molecule has 4 saturated carbocycles. The number of nitrogens with zero attached hydrogens (tertiary/aromatic N) is 1. The number of rotatable bonds is 2. The Balaban J connectivity index is 1.61. The van der Waals surface area contributed by atoms with Gasteiger partial charge in [-0.15, -0.1) is 11.3 Å². The molecule has 0 aliphatic heterocycles. The molecule has 1 aromatic carbocycles. The summed E-state index contributed by atoms with van der Waals surface area (Å²) < 4.78 is 0. The van der Waals surface area contributed by atoms with Gasteiger partial charge < -0.3 is 5.73 Å². The van der Waals surface area contributed by atoms with Gasteiger partial charge in [-0.05, 0) is 68.3 Å². The normalized spacial score (nSPS) is 38.1. The fourth-order valence-electron chi connectivity index (χ4n) is 6.34. The number of nitrogen functional groups attached to an aromatic ring is 1. The van der Waals surface area contributed by atoms with Crippen molar-refractivity contribution >= 4 is 16.5 Å². The van der Waals surface area contributed by atoms with Crippen LogP contribution in [0.25, 0.3) is 0 Å². The topological polar surface area (TPSA) is 38.9 Å². The number of aromatic nitrogens is 1. The van der Waals surface area contributed by atoms with Crippen molar-refractivity contribution in [3.63, 3.8) is 0 Å². The zero-order chi connectivity index (χ0) is 15.7. The summed E-state index contributed by atoms with van der Waals surface area (Å²) in [6.07, 6.45) is 8.15. The maximum Gasteiger partial charge on any atom is 0.180 e. The molecule has 0 spiro atoms. The van der Waals surface area contributed by atoms with E-state index in [1.807, 2.05) is 0 Å². The van der Waals surface area contributed by atoms with Crippen LogP contribution in [0.3, 0.4) is 0 Å². The Bertz CT molecular complexity index is 731. The summed E-state index contributed by atoms with van der Waals surface area (Å²) in [5, 5.41) is 2.98. The van der Waals surface area contributed by atoms with E-state index in [9.17, 15) is 0 Å². The highest BCUT2D eigenvalue weighted by atomic mass is 32.1. The molecule has 3 heteroatoms. The molecule has 2 aromatic rings. The first kappa shape index (κ1) is 14.0. The van der Waals surface area contributed by atoms with Crippen LogP contribution >= 0.6 is 11.3 Å². The summed E-state index contributed by atoms with van der Waals surface area (Å²) in [5.74, 6) is 1.75. The number of aryl methyl sites for hydroxylation is 1. The Morgan fingerprint density at radius 1 is 1.04 bits per heavy atom. The van der Waals surface area contributed by atoms with Crippen molar-refractivity contribution in [2.45, 2.75) is 56.3 Å². The molecule has 4 aliphatic rings. The second-order valence-corrected chi connectivity index (χ2v) is 9.35. The standard InChI is InChI=1S/C20H24N2S/c1-13-2-4-16(5-3-13)19-7-14-6-15(8-19)10-20(9-14,12-19)17-11-23-18(21)22-17/h2-5,11,14-15H,6-10,12H2,1H3,(H2,21,22)/t14-,15+,19?,20?. The smallest absolute Gasteiger partial charge is 0.180 e. The molecule has 4 bridgehead atoms. The molecule has 2 N–H and O–H groups in total. The molecule has 6 rings (SSSR count). The summed E-state index contributed by atoms with van der Waals surface area (Å²) in [6, 6.07) is 9.38. The van der Waals surface area contributed by atoms with Crippen LogP contribution in [-0.4, -0.2) is 4.98 Å². The number of thiazole rings is 1. The third kappa shape index (κ3) is 2.02. The quantitative estimate of drug-likeness (QED) is 0.860. The monoisotopic (exact) mass is 324 g/mol. The van der Waals surface area contributed by atoms with Gasteiger partial charge in [0.15, 0.2) is 5.13 Å². The zero-order valence-electron chi connectivity index (χ0n) is 13.7. The zero-order valence-corrected chi connectivity index (χ0v) is 14.5. The van der Waals surface area contributed by atoms with Crippen LogP contribution in [0.4, 0.5) is 5.13 Å². The van der Waals surface area contributed by atoms with Gasteiger partial charge in [0.1, 0.15) is 0 Å². The highest BCUT2D eigenvalue weighted by molar-refractivity contribution is 7.13. The van der Waals surface area contributed by atoms with Gasteiger partial charge in [0.2, 0.25) is 0 Å². The van der Waals surface area contributed by atoms with E-state index in [4.69, 9.17) is 10.7 Å². The van der Waals surface area contributed by atoms with E-state index in [0.717, 1.165) is 17.0 Å². The lowest BCUT2D eigenvalue weighted by molar-refractivity contribution is -0.0296. The lowest BCUT2D eigenvalue weighted by Gasteiger charge is -2.62. The molecule has 120 valence electrons. The summed E-state index contributed by atoms with van der Waals surface area (Å²) >= 11 is 1.62. The number of hydrogen-bond acceptors (Lipinski definition) is 3. The SMILES string of the molecule is Cc1ccc(C23C[C@H]4C[C@@H](C2)CC(c2csc(N)n2)(C4)C3)cc1. The van der Waals surface area contributed by atoms with Crippen LogP contribution in [-0.2, 0) is 10.8 Å². The van der Waals surface area contributed by atoms with E-state index in [1.165, 1.54) is 49.8 Å². The molecule has 4 aliphatic carbocycles. The van der Waals surface area contributed by atoms with Crippen molar-refractivity contribution in [3.05, 3.63) is 46.5 Å². The highest BCUT2D eigenvalue weighted by Gasteiger charge is 2.59. The van der Waals surface area contributed by atoms with Gasteiger partial charge in [0.25, 0.3) is 0 Å². The first-order chi connectivity index (χ1) is 11.1. The van der Waals surface area contributed by atoms with E-state index >= 15 is 0 Å². The van der Waals surface area contributed by atoms with Gasteiger partial charge in [-0.25, -0.2) is 4.98 Å². The van der Waals surface area contributed by atoms with Crippen LogP contribution in [0.5, 0.6) is 0 Å². The maximum atomic E-state index is 5.97. The minimum Gasteiger partial charge on any atom is -0.375 e.